The van der Waals surface area contributed by atoms with Crippen LogP contribution >= 0.6 is 11.3 Å². The number of para-hydroxylation sites is 1. The number of anilines is 1. The van der Waals surface area contributed by atoms with Gasteiger partial charge in [0.05, 0.1) is 4.88 Å². The van der Waals surface area contributed by atoms with Crippen molar-refractivity contribution in [3.63, 3.8) is 0 Å². The fourth-order valence-electron chi connectivity index (χ4n) is 3.41. The molecule has 138 valence electrons. The van der Waals surface area contributed by atoms with Crippen molar-refractivity contribution in [2.24, 2.45) is 0 Å². The molecular formula is C22H15NO4S. The number of nitrogens with one attached hydrogen (secondary N) is 1. The maximum absolute atomic E-state index is 12.8. The summed E-state index contributed by atoms with van der Waals surface area (Å²) in [5, 5.41) is 3.74. The summed E-state index contributed by atoms with van der Waals surface area (Å²) in [5.74, 6) is 0.634. The fraction of sp³-hybridized carbons (Fsp3) is 0.0909. The highest BCUT2D eigenvalue weighted by atomic mass is 32.1. The lowest BCUT2D eigenvalue weighted by Gasteiger charge is -2.16. The Labute approximate surface area is 164 Å². The van der Waals surface area contributed by atoms with E-state index >= 15 is 0 Å². The summed E-state index contributed by atoms with van der Waals surface area (Å²) in [6.45, 7) is 2.31. The summed E-state index contributed by atoms with van der Waals surface area (Å²) < 4.78 is 11.0. The fourth-order valence-corrected chi connectivity index (χ4v) is 4.50. The molecule has 0 saturated heterocycles. The first-order valence-electron chi connectivity index (χ1n) is 8.79. The number of ether oxygens (including phenoxy) is 1. The van der Waals surface area contributed by atoms with E-state index in [0.29, 0.717) is 22.8 Å². The molecule has 5 rings (SSSR count). The van der Waals surface area contributed by atoms with Gasteiger partial charge in [-0.25, -0.2) is 4.79 Å². The molecule has 0 spiro atoms. The number of benzene rings is 2. The van der Waals surface area contributed by atoms with E-state index in [2.05, 4.69) is 5.32 Å². The third kappa shape index (κ3) is 2.78. The molecule has 5 nitrogen and oxygen atoms in total. The van der Waals surface area contributed by atoms with Gasteiger partial charge in [0.15, 0.2) is 0 Å². The first-order chi connectivity index (χ1) is 13.6. The predicted molar refractivity (Wildman–Crippen MR) is 109 cm³/mol. The summed E-state index contributed by atoms with van der Waals surface area (Å²) in [7, 11) is 0. The van der Waals surface area contributed by atoms with Gasteiger partial charge < -0.3 is 14.5 Å². The highest BCUT2D eigenvalue weighted by Gasteiger charge is 2.22. The summed E-state index contributed by atoms with van der Waals surface area (Å²) in [6.07, 6.45) is 0. The normalized spacial score (nSPS) is 12.2. The van der Waals surface area contributed by atoms with Crippen LogP contribution in [-0.4, -0.2) is 5.91 Å². The van der Waals surface area contributed by atoms with Crippen LogP contribution in [0.15, 0.2) is 63.8 Å². The Morgan fingerprint density at radius 2 is 1.96 bits per heavy atom. The zero-order valence-corrected chi connectivity index (χ0v) is 15.8. The molecule has 0 atom stereocenters. The quantitative estimate of drug-likeness (QED) is 0.491. The first-order valence-corrected chi connectivity index (χ1v) is 9.61. The Bertz CT molecular complexity index is 1300. The summed E-state index contributed by atoms with van der Waals surface area (Å²) in [5.41, 5.74) is 3.49. The van der Waals surface area contributed by atoms with Crippen molar-refractivity contribution in [3.05, 3.63) is 81.0 Å². The second-order valence-electron chi connectivity index (χ2n) is 6.66. The number of fused-ring (bicyclic) bond motifs is 4. The van der Waals surface area contributed by atoms with Crippen molar-refractivity contribution < 1.29 is 13.9 Å². The molecule has 0 bridgehead atoms. The molecule has 0 aliphatic carbocycles. The van der Waals surface area contributed by atoms with Gasteiger partial charge in [-0.15, -0.1) is 11.3 Å². The van der Waals surface area contributed by atoms with Crippen LogP contribution in [0, 0.1) is 6.92 Å². The molecule has 1 aliphatic rings. The Morgan fingerprint density at radius 3 is 2.86 bits per heavy atom. The first kappa shape index (κ1) is 16.8. The van der Waals surface area contributed by atoms with Crippen molar-refractivity contribution in [2.45, 2.75) is 13.5 Å². The average molecular weight is 389 g/mol. The van der Waals surface area contributed by atoms with Crippen LogP contribution in [0.25, 0.3) is 21.4 Å². The molecule has 0 unspecified atom stereocenters. The molecule has 1 amide bonds. The van der Waals surface area contributed by atoms with Crippen LogP contribution < -0.4 is 15.7 Å². The van der Waals surface area contributed by atoms with Crippen molar-refractivity contribution >= 4 is 33.9 Å². The highest BCUT2D eigenvalue weighted by molar-refractivity contribution is 7.17. The van der Waals surface area contributed by atoms with E-state index in [0.717, 1.165) is 32.7 Å². The number of rotatable bonds is 2. The van der Waals surface area contributed by atoms with Crippen molar-refractivity contribution in [1.82, 2.24) is 0 Å². The number of carbonyl (C=O) groups excluding carboxylic acids is 1. The average Bonchev–Trinajstić information content (AvgIpc) is 3.12. The number of aryl methyl sites for hydroxylation is 1. The van der Waals surface area contributed by atoms with Gasteiger partial charge in [-0.2, -0.15) is 0 Å². The topological polar surface area (TPSA) is 68.5 Å². The molecule has 3 heterocycles. The number of amides is 1. The molecule has 2 aromatic carbocycles. The molecule has 0 saturated carbocycles. The van der Waals surface area contributed by atoms with Crippen LogP contribution in [0.4, 0.5) is 5.69 Å². The number of hydrogen-bond donors (Lipinski definition) is 1. The molecule has 1 aliphatic heterocycles. The Morgan fingerprint density at radius 1 is 1.11 bits per heavy atom. The SMILES string of the molecule is Cc1cc(=O)oc2cc(NC(=O)c3cc4c(s3)-c3ccccc3OC4)ccc12. The van der Waals surface area contributed by atoms with E-state index in [9.17, 15) is 9.59 Å². The maximum Gasteiger partial charge on any atom is 0.336 e. The molecule has 1 N–H and O–H groups in total. The highest BCUT2D eigenvalue weighted by Crippen LogP contribution is 2.42. The monoisotopic (exact) mass is 389 g/mol. The Hall–Kier alpha value is -3.38. The summed E-state index contributed by atoms with van der Waals surface area (Å²) in [4.78, 5) is 26.1. The standard InChI is InChI=1S/C22H15NO4S/c1-12-8-20(24)27-18-10-14(6-7-15(12)18)23-22(25)19-9-13-11-26-17-5-3-2-4-16(17)21(13)28-19/h2-10H,11H2,1H3,(H,23,25). The Balaban J connectivity index is 1.46. The van der Waals surface area contributed by atoms with Gasteiger partial charge in [-0.05, 0) is 42.8 Å². The van der Waals surface area contributed by atoms with Gasteiger partial charge in [-0.3, -0.25) is 4.79 Å². The minimum atomic E-state index is -0.405. The zero-order valence-electron chi connectivity index (χ0n) is 14.9. The number of carbonyl (C=O) groups is 1. The van der Waals surface area contributed by atoms with Gasteiger partial charge in [0.1, 0.15) is 17.9 Å². The van der Waals surface area contributed by atoms with Crippen LogP contribution in [0.3, 0.4) is 0 Å². The molecule has 0 radical (unpaired) electrons. The Kier molecular flexibility index (Phi) is 3.80. The zero-order chi connectivity index (χ0) is 19.3. The minimum absolute atomic E-state index is 0.203. The smallest absolute Gasteiger partial charge is 0.336 e. The van der Waals surface area contributed by atoms with Gasteiger partial charge in [0, 0.05) is 39.2 Å². The third-order valence-corrected chi connectivity index (χ3v) is 5.97. The lowest BCUT2D eigenvalue weighted by molar-refractivity contribution is 0.103. The maximum atomic E-state index is 12.8. The van der Waals surface area contributed by atoms with Gasteiger partial charge in [0.2, 0.25) is 0 Å². The van der Waals surface area contributed by atoms with E-state index in [1.807, 2.05) is 43.3 Å². The molecule has 2 aromatic heterocycles. The van der Waals surface area contributed by atoms with Gasteiger partial charge >= 0.3 is 5.63 Å². The van der Waals surface area contributed by atoms with Crippen molar-refractivity contribution in [1.29, 1.82) is 0 Å². The van der Waals surface area contributed by atoms with Crippen LogP contribution in [0.5, 0.6) is 5.75 Å². The number of thiophene rings is 1. The van der Waals surface area contributed by atoms with E-state index in [1.165, 1.54) is 17.4 Å². The molecule has 6 heteroatoms. The van der Waals surface area contributed by atoms with Crippen LogP contribution in [-0.2, 0) is 6.61 Å². The van der Waals surface area contributed by atoms with Crippen LogP contribution in [0.2, 0.25) is 0 Å². The largest absolute Gasteiger partial charge is 0.488 e. The summed E-state index contributed by atoms with van der Waals surface area (Å²) >= 11 is 1.45. The molecule has 4 aromatic rings. The number of hydrogen-bond acceptors (Lipinski definition) is 5. The van der Waals surface area contributed by atoms with E-state index in [4.69, 9.17) is 9.15 Å². The lowest BCUT2D eigenvalue weighted by atomic mass is 10.1. The lowest BCUT2D eigenvalue weighted by Crippen LogP contribution is -2.10. The van der Waals surface area contributed by atoms with Gasteiger partial charge in [-0.1, -0.05) is 12.1 Å². The third-order valence-electron chi connectivity index (χ3n) is 4.76. The molecular weight excluding hydrogens is 374 g/mol. The minimum Gasteiger partial charge on any atom is -0.488 e. The van der Waals surface area contributed by atoms with E-state index in [1.54, 1.807) is 12.1 Å². The predicted octanol–water partition coefficient (Wildman–Crippen LogP) is 4.97. The van der Waals surface area contributed by atoms with Crippen molar-refractivity contribution in [2.75, 3.05) is 5.32 Å². The molecule has 28 heavy (non-hydrogen) atoms. The second kappa shape index (κ2) is 6.35. The molecule has 0 fully saturated rings. The van der Waals surface area contributed by atoms with E-state index < -0.39 is 5.63 Å². The summed E-state index contributed by atoms with van der Waals surface area (Å²) in [6, 6.07) is 16.5. The van der Waals surface area contributed by atoms with Crippen molar-refractivity contribution in [3.8, 4) is 16.2 Å². The van der Waals surface area contributed by atoms with Gasteiger partial charge in [0.25, 0.3) is 5.91 Å². The van der Waals surface area contributed by atoms with Crippen LogP contribution in [0.1, 0.15) is 20.8 Å². The van der Waals surface area contributed by atoms with E-state index in [-0.39, 0.29) is 5.91 Å². The second-order valence-corrected chi connectivity index (χ2v) is 7.72.